The SMILES string of the molecule is CCCOc1ccc(Nc2cc(N)ccc2C(N)=O)cc1. The summed E-state index contributed by atoms with van der Waals surface area (Å²) in [7, 11) is 0. The highest BCUT2D eigenvalue weighted by Crippen LogP contribution is 2.24. The molecule has 110 valence electrons. The molecule has 2 rings (SSSR count). The van der Waals surface area contributed by atoms with Gasteiger partial charge in [0.25, 0.3) is 5.91 Å². The van der Waals surface area contributed by atoms with Gasteiger partial charge in [0.2, 0.25) is 0 Å². The van der Waals surface area contributed by atoms with Crippen molar-refractivity contribution in [1.29, 1.82) is 0 Å². The van der Waals surface area contributed by atoms with E-state index in [-0.39, 0.29) is 0 Å². The molecule has 0 aliphatic rings. The van der Waals surface area contributed by atoms with Gasteiger partial charge in [-0.05, 0) is 48.9 Å². The summed E-state index contributed by atoms with van der Waals surface area (Å²) in [4.78, 5) is 11.4. The van der Waals surface area contributed by atoms with Crippen molar-refractivity contribution in [2.24, 2.45) is 5.73 Å². The smallest absolute Gasteiger partial charge is 0.250 e. The summed E-state index contributed by atoms with van der Waals surface area (Å²) in [5, 5.41) is 3.14. The van der Waals surface area contributed by atoms with Crippen molar-refractivity contribution in [2.75, 3.05) is 17.7 Å². The Morgan fingerprint density at radius 3 is 2.52 bits per heavy atom. The molecule has 21 heavy (non-hydrogen) atoms. The first kappa shape index (κ1) is 14.7. The second-order valence-electron chi connectivity index (χ2n) is 4.67. The average molecular weight is 285 g/mol. The van der Waals surface area contributed by atoms with Crippen LogP contribution in [0.15, 0.2) is 42.5 Å². The molecule has 0 bridgehead atoms. The largest absolute Gasteiger partial charge is 0.494 e. The minimum atomic E-state index is -0.500. The zero-order chi connectivity index (χ0) is 15.2. The third kappa shape index (κ3) is 3.89. The fraction of sp³-hybridized carbons (Fsp3) is 0.188. The van der Waals surface area contributed by atoms with Gasteiger partial charge in [-0.25, -0.2) is 0 Å². The molecule has 1 amide bonds. The number of nitrogens with one attached hydrogen (secondary N) is 1. The molecule has 0 saturated carbocycles. The van der Waals surface area contributed by atoms with Crippen molar-refractivity contribution in [3.8, 4) is 5.75 Å². The maximum atomic E-state index is 11.4. The predicted octanol–water partition coefficient (Wildman–Crippen LogP) is 2.90. The van der Waals surface area contributed by atoms with Gasteiger partial charge in [-0.2, -0.15) is 0 Å². The number of nitrogens with two attached hydrogens (primary N) is 2. The highest BCUT2D eigenvalue weighted by molar-refractivity contribution is 5.99. The Bertz CT molecular complexity index is 624. The quantitative estimate of drug-likeness (QED) is 0.712. The molecule has 0 heterocycles. The van der Waals surface area contributed by atoms with Gasteiger partial charge in [0.1, 0.15) is 5.75 Å². The lowest BCUT2D eigenvalue weighted by Crippen LogP contribution is -2.13. The van der Waals surface area contributed by atoms with E-state index in [1.54, 1.807) is 18.2 Å². The van der Waals surface area contributed by atoms with E-state index in [2.05, 4.69) is 12.2 Å². The summed E-state index contributed by atoms with van der Waals surface area (Å²) < 4.78 is 5.52. The standard InChI is InChI=1S/C16H19N3O2/c1-2-9-21-13-6-4-12(5-7-13)19-15-10-11(17)3-8-14(15)16(18)20/h3-8,10,19H,2,9,17H2,1H3,(H2,18,20). The monoisotopic (exact) mass is 285 g/mol. The Morgan fingerprint density at radius 1 is 1.19 bits per heavy atom. The Kier molecular flexibility index (Phi) is 4.66. The molecule has 5 N–H and O–H groups in total. The molecule has 5 nitrogen and oxygen atoms in total. The summed E-state index contributed by atoms with van der Waals surface area (Å²) in [6.07, 6.45) is 0.964. The van der Waals surface area contributed by atoms with Crippen molar-refractivity contribution in [2.45, 2.75) is 13.3 Å². The summed E-state index contributed by atoms with van der Waals surface area (Å²) >= 11 is 0. The number of hydrogen-bond donors (Lipinski definition) is 3. The molecule has 0 aromatic heterocycles. The molecule has 0 fully saturated rings. The number of rotatable bonds is 6. The van der Waals surface area contributed by atoms with Crippen LogP contribution in [-0.4, -0.2) is 12.5 Å². The first-order valence-corrected chi connectivity index (χ1v) is 6.79. The molecular formula is C16H19N3O2. The lowest BCUT2D eigenvalue weighted by molar-refractivity contribution is 0.100. The number of benzene rings is 2. The van der Waals surface area contributed by atoms with E-state index in [0.29, 0.717) is 23.5 Å². The Morgan fingerprint density at radius 2 is 1.90 bits per heavy atom. The molecule has 2 aromatic carbocycles. The second kappa shape index (κ2) is 6.65. The van der Waals surface area contributed by atoms with E-state index < -0.39 is 5.91 Å². The molecule has 0 atom stereocenters. The van der Waals surface area contributed by atoms with Crippen molar-refractivity contribution >= 4 is 23.0 Å². The van der Waals surface area contributed by atoms with Crippen LogP contribution in [0.1, 0.15) is 23.7 Å². The molecule has 0 spiro atoms. The fourth-order valence-electron chi connectivity index (χ4n) is 1.89. The number of carbonyl (C=O) groups excluding carboxylic acids is 1. The maximum absolute atomic E-state index is 11.4. The number of anilines is 3. The van der Waals surface area contributed by atoms with E-state index in [1.807, 2.05) is 24.3 Å². The second-order valence-corrected chi connectivity index (χ2v) is 4.67. The molecule has 0 unspecified atom stereocenters. The van der Waals surface area contributed by atoms with Gasteiger partial charge in [0, 0.05) is 11.4 Å². The van der Waals surface area contributed by atoms with Gasteiger partial charge in [-0.15, -0.1) is 0 Å². The third-order valence-corrected chi connectivity index (χ3v) is 2.92. The lowest BCUT2D eigenvalue weighted by Gasteiger charge is -2.12. The topological polar surface area (TPSA) is 90.4 Å². The number of ether oxygens (including phenoxy) is 1. The molecule has 0 radical (unpaired) electrons. The number of nitrogen functional groups attached to an aromatic ring is 1. The van der Waals surface area contributed by atoms with E-state index in [9.17, 15) is 4.79 Å². The van der Waals surface area contributed by atoms with Crippen molar-refractivity contribution in [3.05, 3.63) is 48.0 Å². The van der Waals surface area contributed by atoms with Crippen LogP contribution in [0.3, 0.4) is 0 Å². The van der Waals surface area contributed by atoms with E-state index in [4.69, 9.17) is 16.2 Å². The molecule has 5 heteroatoms. The van der Waals surface area contributed by atoms with Crippen LogP contribution >= 0.6 is 0 Å². The van der Waals surface area contributed by atoms with Gasteiger partial charge >= 0.3 is 0 Å². The zero-order valence-corrected chi connectivity index (χ0v) is 11.9. The summed E-state index contributed by atoms with van der Waals surface area (Å²) in [5.74, 6) is 0.311. The third-order valence-electron chi connectivity index (χ3n) is 2.92. The summed E-state index contributed by atoms with van der Waals surface area (Å²) in [5.41, 5.74) is 13.5. The van der Waals surface area contributed by atoms with Crippen LogP contribution in [0.4, 0.5) is 17.1 Å². The van der Waals surface area contributed by atoms with E-state index >= 15 is 0 Å². The van der Waals surface area contributed by atoms with Gasteiger partial charge in [-0.3, -0.25) is 4.79 Å². The zero-order valence-electron chi connectivity index (χ0n) is 11.9. The Hall–Kier alpha value is -2.69. The highest BCUT2D eigenvalue weighted by atomic mass is 16.5. The Labute approximate surface area is 123 Å². The number of carbonyl (C=O) groups is 1. The van der Waals surface area contributed by atoms with Gasteiger partial charge in [-0.1, -0.05) is 6.92 Å². The molecule has 0 aliphatic carbocycles. The number of hydrogen-bond acceptors (Lipinski definition) is 4. The maximum Gasteiger partial charge on any atom is 0.250 e. The summed E-state index contributed by atoms with van der Waals surface area (Å²) in [6.45, 7) is 2.74. The fourth-order valence-corrected chi connectivity index (χ4v) is 1.89. The van der Waals surface area contributed by atoms with E-state index in [1.165, 1.54) is 0 Å². The van der Waals surface area contributed by atoms with Crippen molar-refractivity contribution in [3.63, 3.8) is 0 Å². The van der Waals surface area contributed by atoms with Crippen molar-refractivity contribution in [1.82, 2.24) is 0 Å². The minimum absolute atomic E-state index is 0.399. The molecule has 0 saturated heterocycles. The molecule has 0 aliphatic heterocycles. The normalized spacial score (nSPS) is 10.1. The predicted molar refractivity (Wildman–Crippen MR) is 84.9 cm³/mol. The summed E-state index contributed by atoms with van der Waals surface area (Å²) in [6, 6.07) is 12.4. The minimum Gasteiger partial charge on any atom is -0.494 e. The molecule has 2 aromatic rings. The lowest BCUT2D eigenvalue weighted by atomic mass is 10.1. The number of primary amides is 1. The molecular weight excluding hydrogens is 266 g/mol. The first-order chi connectivity index (χ1) is 10.1. The average Bonchev–Trinajstić information content (AvgIpc) is 2.46. The van der Waals surface area contributed by atoms with Crippen LogP contribution in [0.5, 0.6) is 5.75 Å². The van der Waals surface area contributed by atoms with Crippen LogP contribution < -0.4 is 21.5 Å². The van der Waals surface area contributed by atoms with E-state index in [0.717, 1.165) is 17.9 Å². The first-order valence-electron chi connectivity index (χ1n) is 6.79. The van der Waals surface area contributed by atoms with Crippen LogP contribution in [0.2, 0.25) is 0 Å². The van der Waals surface area contributed by atoms with Crippen LogP contribution in [0, 0.1) is 0 Å². The highest BCUT2D eigenvalue weighted by Gasteiger charge is 2.08. The van der Waals surface area contributed by atoms with Crippen molar-refractivity contribution < 1.29 is 9.53 Å². The number of amides is 1. The Balaban J connectivity index is 2.18. The van der Waals surface area contributed by atoms with Crippen LogP contribution in [-0.2, 0) is 0 Å². The van der Waals surface area contributed by atoms with Gasteiger partial charge in [0.05, 0.1) is 17.9 Å². The van der Waals surface area contributed by atoms with Gasteiger partial charge < -0.3 is 21.5 Å². The van der Waals surface area contributed by atoms with Gasteiger partial charge in [0.15, 0.2) is 0 Å². The van der Waals surface area contributed by atoms with Crippen LogP contribution in [0.25, 0.3) is 0 Å².